The molecule has 7 heteroatoms. The first kappa shape index (κ1) is 20.7. The normalized spacial score (nSPS) is 17.8. The Morgan fingerprint density at radius 3 is 2.65 bits per heavy atom. The summed E-state index contributed by atoms with van der Waals surface area (Å²) in [5.74, 6) is -0.788. The number of azo groups is 1. The summed E-state index contributed by atoms with van der Waals surface area (Å²) in [5.41, 5.74) is 4.11. The Kier molecular flexibility index (Phi) is 6.31. The summed E-state index contributed by atoms with van der Waals surface area (Å²) in [4.78, 5) is 36.4. The molecule has 31 heavy (non-hydrogen) atoms. The van der Waals surface area contributed by atoms with E-state index in [1.54, 1.807) is 30.3 Å². The first-order valence-corrected chi connectivity index (χ1v) is 10.5. The Morgan fingerprint density at radius 2 is 1.81 bits per heavy atom. The average Bonchev–Trinajstić information content (AvgIpc) is 2.80. The maximum absolute atomic E-state index is 12.3. The predicted molar refractivity (Wildman–Crippen MR) is 117 cm³/mol. The molecular weight excluding hydrogens is 392 g/mol. The molecule has 0 radical (unpaired) electrons. The molecule has 4 rings (SSSR count). The number of rotatable bonds is 6. The van der Waals surface area contributed by atoms with Crippen LogP contribution in [0.2, 0.25) is 0 Å². The van der Waals surface area contributed by atoms with E-state index in [0.29, 0.717) is 17.7 Å². The Bertz CT molecular complexity index is 1060. The fourth-order valence-corrected chi connectivity index (χ4v) is 4.01. The van der Waals surface area contributed by atoms with Gasteiger partial charge in [0.25, 0.3) is 11.8 Å². The zero-order chi connectivity index (χ0) is 21.6. The Balaban J connectivity index is 1.36. The highest BCUT2D eigenvalue weighted by atomic mass is 16.2. The average molecular weight is 416 g/mol. The predicted octanol–water partition coefficient (Wildman–Crippen LogP) is 3.83. The lowest BCUT2D eigenvalue weighted by molar-refractivity contribution is -0.116. The first-order chi connectivity index (χ1) is 15.1. The highest BCUT2D eigenvalue weighted by molar-refractivity contribution is 5.99. The number of benzene rings is 2. The molecule has 2 aromatic carbocycles. The molecule has 1 atom stereocenters. The van der Waals surface area contributed by atoms with E-state index < -0.39 is 0 Å². The quantitative estimate of drug-likeness (QED) is 0.748. The number of nitrogens with one attached hydrogen (secondary N) is 2. The molecule has 2 aromatic rings. The zero-order valence-corrected chi connectivity index (χ0v) is 17.1. The van der Waals surface area contributed by atoms with Gasteiger partial charge in [0, 0.05) is 23.2 Å². The van der Waals surface area contributed by atoms with E-state index in [0.717, 1.165) is 42.4 Å². The number of hydrogen-bond acceptors (Lipinski definition) is 4. The van der Waals surface area contributed by atoms with Crippen LogP contribution >= 0.6 is 0 Å². The van der Waals surface area contributed by atoms with Crippen LogP contribution in [0.1, 0.15) is 41.6 Å². The molecule has 3 amide bonds. The van der Waals surface area contributed by atoms with E-state index in [1.165, 1.54) is 0 Å². The van der Waals surface area contributed by atoms with Gasteiger partial charge in [0.15, 0.2) is 0 Å². The van der Waals surface area contributed by atoms with Crippen LogP contribution in [-0.4, -0.2) is 30.3 Å². The molecule has 2 aliphatic rings. The number of carbonyl (C=O) groups is 3. The topological polar surface area (TPSA) is 100.0 Å². The third kappa shape index (κ3) is 5.12. The summed E-state index contributed by atoms with van der Waals surface area (Å²) in [5, 5.41) is 13.5. The van der Waals surface area contributed by atoms with Crippen molar-refractivity contribution in [2.75, 3.05) is 11.9 Å². The molecule has 0 spiro atoms. The highest BCUT2D eigenvalue weighted by Gasteiger charge is 2.28. The van der Waals surface area contributed by atoms with Gasteiger partial charge in [-0.1, -0.05) is 30.3 Å². The SMILES string of the molecule is O=C(CNC(=O)c1ccccc1)Nc1cccc(CC2N=NC(=O)C3=C2CCCC3)c1. The van der Waals surface area contributed by atoms with Gasteiger partial charge in [-0.15, -0.1) is 5.11 Å². The van der Waals surface area contributed by atoms with Crippen molar-refractivity contribution in [1.29, 1.82) is 0 Å². The molecule has 2 N–H and O–H groups in total. The van der Waals surface area contributed by atoms with Crippen molar-refractivity contribution in [3.05, 3.63) is 76.9 Å². The molecule has 0 aromatic heterocycles. The maximum atomic E-state index is 12.3. The Morgan fingerprint density at radius 1 is 1.00 bits per heavy atom. The first-order valence-electron chi connectivity index (χ1n) is 10.5. The molecule has 7 nitrogen and oxygen atoms in total. The lowest BCUT2D eigenvalue weighted by Gasteiger charge is -2.25. The van der Waals surface area contributed by atoms with Gasteiger partial charge in [-0.05, 0) is 61.1 Å². The van der Waals surface area contributed by atoms with Crippen molar-refractivity contribution in [3.63, 3.8) is 0 Å². The van der Waals surface area contributed by atoms with Crippen molar-refractivity contribution in [3.8, 4) is 0 Å². The van der Waals surface area contributed by atoms with E-state index in [-0.39, 0.29) is 30.3 Å². The molecule has 0 saturated carbocycles. The Labute approximate surface area is 180 Å². The standard InChI is InChI=1S/C24H24N4O3/c29-22(15-25-23(30)17-8-2-1-3-9-17)26-18-10-6-7-16(13-18)14-21-19-11-4-5-12-20(19)24(31)28-27-21/h1-3,6-10,13,21H,4-5,11-12,14-15H2,(H,25,30)(H,26,29). The second kappa shape index (κ2) is 9.47. The molecule has 158 valence electrons. The van der Waals surface area contributed by atoms with Gasteiger partial charge in [-0.25, -0.2) is 0 Å². The van der Waals surface area contributed by atoms with Crippen LogP contribution in [0.5, 0.6) is 0 Å². The summed E-state index contributed by atoms with van der Waals surface area (Å²) in [6.45, 7) is -0.118. The van der Waals surface area contributed by atoms with E-state index in [9.17, 15) is 14.4 Å². The zero-order valence-electron chi connectivity index (χ0n) is 17.1. The molecule has 0 saturated heterocycles. The van der Waals surface area contributed by atoms with Gasteiger partial charge in [0.1, 0.15) is 0 Å². The molecule has 1 heterocycles. The molecule has 1 aliphatic heterocycles. The van der Waals surface area contributed by atoms with Crippen LogP contribution in [0.15, 0.2) is 76.0 Å². The van der Waals surface area contributed by atoms with Crippen molar-refractivity contribution < 1.29 is 14.4 Å². The summed E-state index contributed by atoms with van der Waals surface area (Å²) in [7, 11) is 0. The van der Waals surface area contributed by atoms with E-state index in [4.69, 9.17) is 0 Å². The van der Waals surface area contributed by atoms with Crippen LogP contribution in [0.25, 0.3) is 0 Å². The fourth-order valence-electron chi connectivity index (χ4n) is 4.01. The van der Waals surface area contributed by atoms with Crippen LogP contribution < -0.4 is 10.6 Å². The smallest absolute Gasteiger partial charge is 0.291 e. The van der Waals surface area contributed by atoms with Gasteiger partial charge >= 0.3 is 0 Å². The number of anilines is 1. The molecular formula is C24H24N4O3. The summed E-state index contributed by atoms with van der Waals surface area (Å²) in [6.07, 6.45) is 4.40. The van der Waals surface area contributed by atoms with Gasteiger partial charge < -0.3 is 10.6 Å². The van der Waals surface area contributed by atoms with E-state index >= 15 is 0 Å². The van der Waals surface area contributed by atoms with E-state index in [1.807, 2.05) is 24.3 Å². The number of nitrogens with zero attached hydrogens (tertiary/aromatic N) is 2. The monoisotopic (exact) mass is 416 g/mol. The van der Waals surface area contributed by atoms with E-state index in [2.05, 4.69) is 20.9 Å². The van der Waals surface area contributed by atoms with Crippen molar-refractivity contribution >= 4 is 23.4 Å². The van der Waals surface area contributed by atoms with Crippen LogP contribution in [-0.2, 0) is 16.0 Å². The Hall–Kier alpha value is -3.61. The third-order valence-corrected chi connectivity index (χ3v) is 5.54. The van der Waals surface area contributed by atoms with Gasteiger partial charge in [0.05, 0.1) is 12.6 Å². The second-order valence-electron chi connectivity index (χ2n) is 7.75. The second-order valence-corrected chi connectivity index (χ2v) is 7.75. The van der Waals surface area contributed by atoms with Gasteiger partial charge in [-0.3, -0.25) is 14.4 Å². The minimum atomic E-state index is -0.304. The van der Waals surface area contributed by atoms with Crippen molar-refractivity contribution in [1.82, 2.24) is 5.32 Å². The molecule has 1 aliphatic carbocycles. The lowest BCUT2D eigenvalue weighted by Crippen LogP contribution is -2.32. The number of amides is 3. The molecule has 0 bridgehead atoms. The maximum Gasteiger partial charge on any atom is 0.291 e. The molecule has 0 fully saturated rings. The molecule has 1 unspecified atom stereocenters. The summed E-state index contributed by atoms with van der Waals surface area (Å²) >= 11 is 0. The largest absolute Gasteiger partial charge is 0.343 e. The van der Waals surface area contributed by atoms with Gasteiger partial charge in [0.2, 0.25) is 5.91 Å². The van der Waals surface area contributed by atoms with Crippen LogP contribution in [0.3, 0.4) is 0 Å². The van der Waals surface area contributed by atoms with Crippen LogP contribution in [0.4, 0.5) is 5.69 Å². The van der Waals surface area contributed by atoms with Crippen molar-refractivity contribution in [2.24, 2.45) is 10.2 Å². The number of hydrogen-bond donors (Lipinski definition) is 2. The minimum Gasteiger partial charge on any atom is -0.343 e. The number of carbonyl (C=O) groups excluding carboxylic acids is 3. The summed E-state index contributed by atoms with van der Waals surface area (Å²) in [6, 6.07) is 16.2. The van der Waals surface area contributed by atoms with Crippen molar-refractivity contribution in [2.45, 2.75) is 38.1 Å². The van der Waals surface area contributed by atoms with Crippen LogP contribution in [0, 0.1) is 0 Å². The lowest BCUT2D eigenvalue weighted by atomic mass is 9.84. The third-order valence-electron chi connectivity index (χ3n) is 5.54. The highest BCUT2D eigenvalue weighted by Crippen LogP contribution is 2.33. The minimum absolute atomic E-state index is 0.118. The van der Waals surface area contributed by atoms with Gasteiger partial charge in [-0.2, -0.15) is 5.11 Å². The fraction of sp³-hybridized carbons (Fsp3) is 0.292. The summed E-state index contributed by atoms with van der Waals surface area (Å²) < 4.78 is 0.